The highest BCUT2D eigenvalue weighted by atomic mass is 79.9. The summed E-state index contributed by atoms with van der Waals surface area (Å²) in [5, 5.41) is 12.9. The van der Waals surface area contributed by atoms with Gasteiger partial charge in [-0.3, -0.25) is 0 Å². The Morgan fingerprint density at radius 3 is 2.52 bits per heavy atom. The van der Waals surface area contributed by atoms with E-state index in [1.807, 2.05) is 26.0 Å². The van der Waals surface area contributed by atoms with Gasteiger partial charge >= 0.3 is 0 Å². The van der Waals surface area contributed by atoms with Gasteiger partial charge in [0.2, 0.25) is 0 Å². The van der Waals surface area contributed by atoms with Crippen LogP contribution in [0, 0.1) is 5.82 Å². The number of rotatable bonds is 10. The zero-order chi connectivity index (χ0) is 19.8. The first kappa shape index (κ1) is 22.0. The summed E-state index contributed by atoms with van der Waals surface area (Å²) in [6.45, 7) is 5.30. The van der Waals surface area contributed by atoms with Crippen molar-refractivity contribution in [2.75, 3.05) is 13.2 Å². The highest BCUT2D eigenvalue weighted by molar-refractivity contribution is 9.10. The molecule has 0 aliphatic carbocycles. The number of halogens is 3. The SMILES string of the molecule is CCOc1cc(CNC(CC)CO)c(Br)cc1OCc1ccc(F)cc1Cl. The van der Waals surface area contributed by atoms with Crippen molar-refractivity contribution in [1.82, 2.24) is 5.32 Å². The number of benzene rings is 2. The van der Waals surface area contributed by atoms with Gasteiger partial charge in [0, 0.05) is 22.6 Å². The first-order chi connectivity index (χ1) is 13.0. The van der Waals surface area contributed by atoms with Crippen LogP contribution in [0.2, 0.25) is 5.02 Å². The second-order valence-corrected chi connectivity index (χ2v) is 7.28. The Kier molecular flexibility index (Phi) is 8.83. The summed E-state index contributed by atoms with van der Waals surface area (Å²) in [6, 6.07) is 8.02. The van der Waals surface area contributed by atoms with Gasteiger partial charge in [-0.05, 0) is 43.2 Å². The zero-order valence-electron chi connectivity index (χ0n) is 15.4. The lowest BCUT2D eigenvalue weighted by Crippen LogP contribution is -2.31. The maximum absolute atomic E-state index is 13.2. The molecule has 2 aromatic carbocycles. The maximum atomic E-state index is 13.2. The van der Waals surface area contributed by atoms with Crippen molar-refractivity contribution in [3.8, 4) is 11.5 Å². The maximum Gasteiger partial charge on any atom is 0.162 e. The molecule has 1 unspecified atom stereocenters. The lowest BCUT2D eigenvalue weighted by atomic mass is 10.1. The van der Waals surface area contributed by atoms with Gasteiger partial charge in [-0.25, -0.2) is 4.39 Å². The predicted molar refractivity (Wildman–Crippen MR) is 109 cm³/mol. The topological polar surface area (TPSA) is 50.7 Å². The molecule has 0 heterocycles. The second kappa shape index (κ2) is 10.9. The molecule has 0 fully saturated rings. The molecule has 0 radical (unpaired) electrons. The predicted octanol–water partition coefficient (Wildman–Crippen LogP) is 5.08. The molecule has 0 aromatic heterocycles. The zero-order valence-corrected chi connectivity index (χ0v) is 17.7. The minimum Gasteiger partial charge on any atom is -0.490 e. The van der Waals surface area contributed by atoms with E-state index in [-0.39, 0.29) is 25.1 Å². The Morgan fingerprint density at radius 1 is 1.15 bits per heavy atom. The van der Waals surface area contributed by atoms with Gasteiger partial charge in [0.1, 0.15) is 12.4 Å². The van der Waals surface area contributed by atoms with Crippen LogP contribution in [0.4, 0.5) is 4.39 Å². The normalized spacial score (nSPS) is 12.1. The Hall–Kier alpha value is -1.34. The van der Waals surface area contributed by atoms with Crippen molar-refractivity contribution in [3.63, 3.8) is 0 Å². The molecule has 2 aromatic rings. The molecule has 0 amide bonds. The minimum atomic E-state index is -0.383. The Balaban J connectivity index is 2.16. The van der Waals surface area contributed by atoms with Crippen LogP contribution >= 0.6 is 27.5 Å². The van der Waals surface area contributed by atoms with E-state index in [2.05, 4.69) is 21.2 Å². The highest BCUT2D eigenvalue weighted by Crippen LogP contribution is 2.35. The van der Waals surface area contributed by atoms with Gasteiger partial charge in [-0.2, -0.15) is 0 Å². The van der Waals surface area contributed by atoms with Crippen LogP contribution in [0.3, 0.4) is 0 Å². The van der Waals surface area contributed by atoms with Gasteiger partial charge in [0.15, 0.2) is 11.5 Å². The number of aliphatic hydroxyl groups is 1. The summed E-state index contributed by atoms with van der Waals surface area (Å²) in [7, 11) is 0. The number of aliphatic hydroxyl groups excluding tert-OH is 1. The van der Waals surface area contributed by atoms with Crippen molar-refractivity contribution < 1.29 is 19.0 Å². The molecule has 148 valence electrons. The summed E-state index contributed by atoms with van der Waals surface area (Å²) >= 11 is 9.63. The van der Waals surface area contributed by atoms with Crippen LogP contribution in [0.25, 0.3) is 0 Å². The van der Waals surface area contributed by atoms with Crippen molar-refractivity contribution in [2.45, 2.75) is 39.5 Å². The summed E-state index contributed by atoms with van der Waals surface area (Å²) in [4.78, 5) is 0. The Morgan fingerprint density at radius 2 is 1.89 bits per heavy atom. The van der Waals surface area contributed by atoms with Crippen molar-refractivity contribution in [2.24, 2.45) is 0 Å². The van der Waals surface area contributed by atoms with E-state index in [1.165, 1.54) is 12.1 Å². The molecule has 0 aliphatic heterocycles. The summed E-state index contributed by atoms with van der Waals surface area (Å²) in [5.41, 5.74) is 1.69. The summed E-state index contributed by atoms with van der Waals surface area (Å²) in [6.07, 6.45) is 0.839. The van der Waals surface area contributed by atoms with E-state index in [0.717, 1.165) is 16.5 Å². The first-order valence-corrected chi connectivity index (χ1v) is 10.0. The van der Waals surface area contributed by atoms with E-state index in [1.54, 1.807) is 6.07 Å². The third-order valence-corrected chi connectivity index (χ3v) is 5.20. The van der Waals surface area contributed by atoms with Crippen LogP contribution in [0.5, 0.6) is 11.5 Å². The highest BCUT2D eigenvalue weighted by Gasteiger charge is 2.13. The van der Waals surface area contributed by atoms with Gasteiger partial charge in [0.25, 0.3) is 0 Å². The van der Waals surface area contributed by atoms with Gasteiger partial charge in [0.05, 0.1) is 18.2 Å². The summed E-state index contributed by atoms with van der Waals surface area (Å²) < 4.78 is 25.6. The van der Waals surface area contributed by atoms with Gasteiger partial charge in [-0.15, -0.1) is 0 Å². The monoisotopic (exact) mass is 459 g/mol. The fourth-order valence-corrected chi connectivity index (χ4v) is 3.16. The van der Waals surface area contributed by atoms with Crippen molar-refractivity contribution in [1.29, 1.82) is 0 Å². The van der Waals surface area contributed by atoms with Gasteiger partial charge < -0.3 is 19.9 Å². The second-order valence-electron chi connectivity index (χ2n) is 6.02. The fraction of sp³-hybridized carbons (Fsp3) is 0.400. The molecule has 0 spiro atoms. The molecule has 2 rings (SSSR count). The molecule has 1 atom stereocenters. The van der Waals surface area contributed by atoms with Crippen LogP contribution in [0.1, 0.15) is 31.4 Å². The van der Waals surface area contributed by atoms with E-state index >= 15 is 0 Å². The smallest absolute Gasteiger partial charge is 0.162 e. The number of hydrogen-bond acceptors (Lipinski definition) is 4. The molecule has 7 heteroatoms. The minimum absolute atomic E-state index is 0.0454. The van der Waals surface area contributed by atoms with Crippen LogP contribution in [-0.4, -0.2) is 24.4 Å². The Bertz CT molecular complexity index is 756. The fourth-order valence-electron chi connectivity index (χ4n) is 2.48. The molecular formula is C20H24BrClFNO3. The Labute approximate surface area is 172 Å². The number of hydrogen-bond donors (Lipinski definition) is 2. The van der Waals surface area contributed by atoms with Crippen molar-refractivity contribution in [3.05, 3.63) is 56.8 Å². The van der Waals surface area contributed by atoms with Crippen LogP contribution in [0.15, 0.2) is 34.8 Å². The number of nitrogens with one attached hydrogen (secondary N) is 1. The standard InChI is InChI=1S/C20H24BrClFNO3/c1-3-16(11-25)24-10-14-7-19(26-4-2)20(9-17(14)21)27-12-13-5-6-15(23)8-18(13)22/h5-9,16,24-25H,3-4,10-12H2,1-2H3. The molecule has 0 aliphatic rings. The van der Waals surface area contributed by atoms with Crippen LogP contribution in [-0.2, 0) is 13.2 Å². The molecule has 0 saturated carbocycles. The molecule has 0 bridgehead atoms. The van der Waals surface area contributed by atoms with E-state index < -0.39 is 0 Å². The largest absolute Gasteiger partial charge is 0.490 e. The molecule has 0 saturated heterocycles. The van der Waals surface area contributed by atoms with Crippen LogP contribution < -0.4 is 14.8 Å². The quantitative estimate of drug-likeness (QED) is 0.519. The molecule has 2 N–H and O–H groups in total. The lowest BCUT2D eigenvalue weighted by Gasteiger charge is -2.18. The average molecular weight is 461 g/mol. The van der Waals surface area contributed by atoms with E-state index in [0.29, 0.717) is 35.2 Å². The van der Waals surface area contributed by atoms with E-state index in [4.69, 9.17) is 21.1 Å². The number of ether oxygens (including phenoxy) is 2. The average Bonchev–Trinajstić information content (AvgIpc) is 2.64. The summed E-state index contributed by atoms with van der Waals surface area (Å²) in [5.74, 6) is 0.807. The third-order valence-electron chi connectivity index (χ3n) is 4.11. The first-order valence-electron chi connectivity index (χ1n) is 8.84. The van der Waals surface area contributed by atoms with Gasteiger partial charge in [-0.1, -0.05) is 40.5 Å². The molecule has 4 nitrogen and oxygen atoms in total. The molecular weight excluding hydrogens is 437 g/mol. The van der Waals surface area contributed by atoms with Crippen molar-refractivity contribution >= 4 is 27.5 Å². The van der Waals surface area contributed by atoms with E-state index in [9.17, 15) is 9.50 Å². The lowest BCUT2D eigenvalue weighted by molar-refractivity contribution is 0.238. The molecule has 27 heavy (non-hydrogen) atoms. The third kappa shape index (κ3) is 6.35.